The van der Waals surface area contributed by atoms with Crippen LogP contribution in [0.5, 0.6) is 0 Å². The molecule has 0 saturated carbocycles. The molecule has 6 heteroatoms. The first-order valence-electron chi connectivity index (χ1n) is 11.3. The molecule has 3 aromatic rings. The van der Waals surface area contributed by atoms with Gasteiger partial charge in [0.25, 0.3) is 0 Å². The number of halogens is 1. The number of hydrogen-bond acceptors (Lipinski definition) is 2. The lowest BCUT2D eigenvalue weighted by molar-refractivity contribution is -0.126. The van der Waals surface area contributed by atoms with E-state index in [-0.39, 0.29) is 29.7 Å². The first kappa shape index (κ1) is 22.5. The van der Waals surface area contributed by atoms with Gasteiger partial charge in [0, 0.05) is 18.8 Å². The lowest BCUT2D eigenvalue weighted by Gasteiger charge is -2.39. The van der Waals surface area contributed by atoms with Crippen molar-refractivity contribution in [3.63, 3.8) is 0 Å². The minimum Gasteiger partial charge on any atom is -0.355 e. The van der Waals surface area contributed by atoms with Crippen LogP contribution < -0.4 is 10.6 Å². The van der Waals surface area contributed by atoms with Crippen molar-refractivity contribution in [3.8, 4) is 0 Å². The monoisotopic (exact) mass is 445 g/mol. The Morgan fingerprint density at radius 3 is 2.24 bits per heavy atom. The van der Waals surface area contributed by atoms with Crippen molar-refractivity contribution in [2.75, 3.05) is 18.4 Å². The molecule has 1 fully saturated rings. The number of nitrogens with one attached hydrogen (secondary N) is 2. The van der Waals surface area contributed by atoms with Crippen molar-refractivity contribution in [2.45, 2.75) is 25.3 Å². The number of para-hydroxylation sites is 1. The number of piperidine rings is 1. The van der Waals surface area contributed by atoms with Crippen LogP contribution in [0.4, 0.5) is 14.9 Å². The molecule has 2 unspecified atom stereocenters. The number of nitrogens with zero attached hydrogens (tertiary/aromatic N) is 1. The highest BCUT2D eigenvalue weighted by atomic mass is 19.1. The molecular weight excluding hydrogens is 417 g/mol. The molecule has 5 nitrogen and oxygen atoms in total. The van der Waals surface area contributed by atoms with Crippen LogP contribution in [0.1, 0.15) is 30.0 Å². The van der Waals surface area contributed by atoms with Crippen LogP contribution in [0.25, 0.3) is 0 Å². The highest BCUT2D eigenvalue weighted by molar-refractivity contribution is 5.90. The molecule has 3 amide bonds. The number of urea groups is 1. The third-order valence-electron chi connectivity index (χ3n) is 6.05. The van der Waals surface area contributed by atoms with Gasteiger partial charge in [0.1, 0.15) is 5.82 Å². The number of amides is 3. The van der Waals surface area contributed by atoms with Crippen molar-refractivity contribution in [1.29, 1.82) is 0 Å². The van der Waals surface area contributed by atoms with E-state index in [0.29, 0.717) is 31.6 Å². The predicted molar refractivity (Wildman–Crippen MR) is 127 cm³/mol. The zero-order valence-electron chi connectivity index (χ0n) is 18.4. The zero-order chi connectivity index (χ0) is 23.0. The number of carbonyl (C=O) groups excluding carboxylic acids is 2. The summed E-state index contributed by atoms with van der Waals surface area (Å²) in [4.78, 5) is 27.8. The summed E-state index contributed by atoms with van der Waals surface area (Å²) < 4.78 is 13.5. The largest absolute Gasteiger partial charge is 0.355 e. The minimum atomic E-state index is -0.314. The number of hydrogen-bond donors (Lipinski definition) is 2. The molecule has 0 aromatic heterocycles. The second-order valence-electron chi connectivity index (χ2n) is 8.32. The average Bonchev–Trinajstić information content (AvgIpc) is 2.85. The molecule has 1 heterocycles. The first-order valence-corrected chi connectivity index (χ1v) is 11.3. The number of benzene rings is 3. The van der Waals surface area contributed by atoms with E-state index in [2.05, 4.69) is 10.6 Å². The summed E-state index contributed by atoms with van der Waals surface area (Å²) >= 11 is 0. The predicted octanol–water partition coefficient (Wildman–Crippen LogP) is 5.17. The standard InChI is InChI=1S/C27H28FN3O2/c28-23-14-11-21(12-15-23)25-16-13-22(26(32)29-18-17-20-7-3-1-4-8-20)19-31(25)27(33)30-24-9-5-2-6-10-24/h1-12,14-15,22,25H,13,16-19H2,(H,29,32)(H,30,33). The van der Waals surface area contributed by atoms with Gasteiger partial charge in [-0.05, 0) is 54.7 Å². The maximum absolute atomic E-state index is 13.5. The summed E-state index contributed by atoms with van der Waals surface area (Å²) in [5, 5.41) is 5.95. The molecule has 0 aliphatic carbocycles. The van der Waals surface area contributed by atoms with E-state index in [1.165, 1.54) is 17.7 Å². The second-order valence-corrected chi connectivity index (χ2v) is 8.32. The molecular formula is C27H28FN3O2. The number of carbonyl (C=O) groups is 2. The number of rotatable bonds is 6. The van der Waals surface area contributed by atoms with Crippen molar-refractivity contribution in [3.05, 3.63) is 102 Å². The van der Waals surface area contributed by atoms with Gasteiger partial charge in [-0.25, -0.2) is 9.18 Å². The van der Waals surface area contributed by atoms with Crippen LogP contribution in [0.15, 0.2) is 84.9 Å². The van der Waals surface area contributed by atoms with Crippen LogP contribution in [0.3, 0.4) is 0 Å². The van der Waals surface area contributed by atoms with Gasteiger partial charge in [0.15, 0.2) is 0 Å². The van der Waals surface area contributed by atoms with E-state index >= 15 is 0 Å². The van der Waals surface area contributed by atoms with Crippen LogP contribution in [-0.4, -0.2) is 29.9 Å². The van der Waals surface area contributed by atoms with Gasteiger partial charge in [0.2, 0.25) is 5.91 Å². The molecule has 1 saturated heterocycles. The summed E-state index contributed by atoms with van der Waals surface area (Å²) in [7, 11) is 0. The fourth-order valence-corrected chi connectivity index (χ4v) is 4.28. The Balaban J connectivity index is 1.44. The number of likely N-dealkylation sites (tertiary alicyclic amines) is 1. The van der Waals surface area contributed by atoms with E-state index in [0.717, 1.165) is 12.0 Å². The second kappa shape index (κ2) is 10.8. The highest BCUT2D eigenvalue weighted by Gasteiger charge is 2.35. The molecule has 170 valence electrons. The van der Waals surface area contributed by atoms with Gasteiger partial charge in [0.05, 0.1) is 12.0 Å². The molecule has 1 aliphatic rings. The van der Waals surface area contributed by atoms with Gasteiger partial charge in [-0.1, -0.05) is 60.7 Å². The lowest BCUT2D eigenvalue weighted by atomic mass is 9.88. The maximum Gasteiger partial charge on any atom is 0.322 e. The van der Waals surface area contributed by atoms with Gasteiger partial charge in [-0.2, -0.15) is 0 Å². The minimum absolute atomic E-state index is 0.0407. The van der Waals surface area contributed by atoms with Gasteiger partial charge >= 0.3 is 6.03 Å². The van der Waals surface area contributed by atoms with E-state index in [9.17, 15) is 14.0 Å². The quantitative estimate of drug-likeness (QED) is 0.550. The Bertz CT molecular complexity index is 1060. The third-order valence-corrected chi connectivity index (χ3v) is 6.05. The third kappa shape index (κ3) is 5.98. The summed E-state index contributed by atoms with van der Waals surface area (Å²) in [5.41, 5.74) is 2.72. The van der Waals surface area contributed by atoms with E-state index in [1.807, 2.05) is 60.7 Å². The fraction of sp³-hybridized carbons (Fsp3) is 0.259. The molecule has 4 rings (SSSR count). The molecule has 0 spiro atoms. The highest BCUT2D eigenvalue weighted by Crippen LogP contribution is 2.34. The molecule has 0 bridgehead atoms. The molecule has 3 aromatic carbocycles. The van der Waals surface area contributed by atoms with Gasteiger partial charge in [-0.3, -0.25) is 4.79 Å². The summed E-state index contributed by atoms with van der Waals surface area (Å²) in [6.45, 7) is 0.856. The van der Waals surface area contributed by atoms with Gasteiger partial charge < -0.3 is 15.5 Å². The Morgan fingerprint density at radius 1 is 0.879 bits per heavy atom. The van der Waals surface area contributed by atoms with Crippen molar-refractivity contribution < 1.29 is 14.0 Å². The molecule has 1 aliphatic heterocycles. The average molecular weight is 446 g/mol. The zero-order valence-corrected chi connectivity index (χ0v) is 18.4. The lowest BCUT2D eigenvalue weighted by Crippen LogP contribution is -2.48. The molecule has 33 heavy (non-hydrogen) atoms. The Labute approximate surface area is 193 Å². The summed E-state index contributed by atoms with van der Waals surface area (Å²) in [6, 6.07) is 25.0. The normalized spacial score (nSPS) is 17.9. The van der Waals surface area contributed by atoms with E-state index in [4.69, 9.17) is 0 Å². The SMILES string of the molecule is O=C(NCCc1ccccc1)C1CCC(c2ccc(F)cc2)N(C(=O)Nc2ccccc2)C1. The fourth-order valence-electron chi connectivity index (χ4n) is 4.28. The first-order chi connectivity index (χ1) is 16.1. The van der Waals surface area contributed by atoms with Crippen molar-refractivity contribution in [2.24, 2.45) is 5.92 Å². The summed E-state index contributed by atoms with van der Waals surface area (Å²) in [5.74, 6) is -0.648. The Hall–Kier alpha value is -3.67. The van der Waals surface area contributed by atoms with Crippen molar-refractivity contribution >= 4 is 17.6 Å². The van der Waals surface area contributed by atoms with E-state index in [1.54, 1.807) is 17.0 Å². The smallest absolute Gasteiger partial charge is 0.322 e. The van der Waals surface area contributed by atoms with Crippen molar-refractivity contribution in [1.82, 2.24) is 10.2 Å². The van der Waals surface area contributed by atoms with Crippen LogP contribution in [-0.2, 0) is 11.2 Å². The van der Waals surface area contributed by atoms with Crippen LogP contribution in [0, 0.1) is 11.7 Å². The van der Waals surface area contributed by atoms with Gasteiger partial charge in [-0.15, -0.1) is 0 Å². The summed E-state index contributed by atoms with van der Waals surface area (Å²) in [6.07, 6.45) is 2.05. The Kier molecular flexibility index (Phi) is 7.35. The van der Waals surface area contributed by atoms with Crippen LogP contribution in [0.2, 0.25) is 0 Å². The van der Waals surface area contributed by atoms with Crippen LogP contribution >= 0.6 is 0 Å². The maximum atomic E-state index is 13.5. The molecule has 2 N–H and O–H groups in total. The molecule has 0 radical (unpaired) electrons. The Morgan fingerprint density at radius 2 is 1.55 bits per heavy atom. The number of anilines is 1. The van der Waals surface area contributed by atoms with E-state index < -0.39 is 0 Å². The molecule has 2 atom stereocenters. The topological polar surface area (TPSA) is 61.4 Å².